The predicted molar refractivity (Wildman–Crippen MR) is 134 cm³/mol. The van der Waals surface area contributed by atoms with E-state index in [4.69, 9.17) is 9.47 Å². The van der Waals surface area contributed by atoms with Crippen molar-refractivity contribution in [3.8, 4) is 11.1 Å². The van der Waals surface area contributed by atoms with Gasteiger partial charge in [-0.15, -0.1) is 0 Å². The van der Waals surface area contributed by atoms with Crippen LogP contribution in [0.5, 0.6) is 0 Å². The van der Waals surface area contributed by atoms with E-state index in [1.165, 1.54) is 12.1 Å². The molecule has 2 aliphatic carbocycles. The van der Waals surface area contributed by atoms with Crippen molar-refractivity contribution in [1.82, 2.24) is 10.3 Å². The van der Waals surface area contributed by atoms with E-state index in [0.29, 0.717) is 18.4 Å². The maximum Gasteiger partial charge on any atom is 0.407 e. The first-order valence-electron chi connectivity index (χ1n) is 13.0. The van der Waals surface area contributed by atoms with Crippen LogP contribution in [0.3, 0.4) is 0 Å². The molecule has 1 aliphatic heterocycles. The lowest BCUT2D eigenvalue weighted by Crippen LogP contribution is -2.48. The number of alkyl carbamates (subject to hydrolysis) is 1. The van der Waals surface area contributed by atoms with E-state index in [-0.39, 0.29) is 47.8 Å². The third-order valence-electron chi connectivity index (χ3n) is 8.18. The standard InChI is InChI=1S/C29H33FN2O4/c1-3-35-29(34)32-23-10-11-24-20(14-23)15-26-27(17(2)36-28(26)33)25(24)12-9-22-8-7-19(16-31-22)18-5-4-6-21(30)13-18/h4-9,12-13,16-17,20,23-27H,3,10-11,14-15H2,1-2H3,(H,32,34)/b12-9+/t17-,20+,23-,24+,25-,26-,27+/m1/s1. The average Bonchev–Trinajstić information content (AvgIpc) is 3.15. The highest BCUT2D eigenvalue weighted by molar-refractivity contribution is 5.75. The molecule has 7 atom stereocenters. The highest BCUT2D eigenvalue weighted by atomic mass is 19.1. The number of halogens is 1. The number of fused-ring (bicyclic) bond motifs is 2. The average molecular weight is 493 g/mol. The van der Waals surface area contributed by atoms with Crippen molar-refractivity contribution in [3.63, 3.8) is 0 Å². The molecule has 3 fully saturated rings. The number of ether oxygens (including phenoxy) is 2. The molecule has 0 spiro atoms. The lowest BCUT2D eigenvalue weighted by molar-refractivity contribution is -0.144. The molecule has 1 saturated heterocycles. The van der Waals surface area contributed by atoms with Crippen LogP contribution >= 0.6 is 0 Å². The number of nitrogens with one attached hydrogen (secondary N) is 1. The van der Waals surface area contributed by atoms with Crippen LogP contribution in [-0.4, -0.2) is 35.8 Å². The Labute approximate surface area is 211 Å². The largest absolute Gasteiger partial charge is 0.462 e. The summed E-state index contributed by atoms with van der Waals surface area (Å²) in [5, 5.41) is 3.00. The van der Waals surface area contributed by atoms with Crippen molar-refractivity contribution >= 4 is 18.1 Å². The summed E-state index contributed by atoms with van der Waals surface area (Å²) in [7, 11) is 0. The lowest BCUT2D eigenvalue weighted by atomic mass is 9.57. The van der Waals surface area contributed by atoms with Crippen molar-refractivity contribution < 1.29 is 23.5 Å². The predicted octanol–water partition coefficient (Wildman–Crippen LogP) is 5.63. The maximum atomic E-state index is 13.6. The lowest BCUT2D eigenvalue weighted by Gasteiger charge is -2.47. The summed E-state index contributed by atoms with van der Waals surface area (Å²) < 4.78 is 24.3. The van der Waals surface area contributed by atoms with Crippen LogP contribution in [-0.2, 0) is 14.3 Å². The van der Waals surface area contributed by atoms with E-state index in [2.05, 4.69) is 16.4 Å². The zero-order valence-electron chi connectivity index (χ0n) is 20.7. The van der Waals surface area contributed by atoms with Crippen LogP contribution in [0.25, 0.3) is 17.2 Å². The topological polar surface area (TPSA) is 77.5 Å². The van der Waals surface area contributed by atoms with Gasteiger partial charge in [-0.25, -0.2) is 9.18 Å². The SMILES string of the molecule is CCOC(=O)N[C@@H]1CC[C@H]2[C@@H](C1)C[C@H]1C(=O)O[C@H](C)[C@H]1[C@@H]2/C=C/c1ccc(-c2cccc(F)c2)cn1. The van der Waals surface area contributed by atoms with Gasteiger partial charge in [-0.3, -0.25) is 9.78 Å². The van der Waals surface area contributed by atoms with Gasteiger partial charge in [0.05, 0.1) is 18.2 Å². The van der Waals surface area contributed by atoms with Gasteiger partial charge in [-0.05, 0) is 87.1 Å². The van der Waals surface area contributed by atoms with Crippen molar-refractivity contribution in [2.24, 2.45) is 29.6 Å². The highest BCUT2D eigenvalue weighted by Gasteiger charge is 2.54. The summed E-state index contributed by atoms with van der Waals surface area (Å²) in [4.78, 5) is 29.2. The van der Waals surface area contributed by atoms with Crippen LogP contribution in [0.15, 0.2) is 48.7 Å². The zero-order valence-corrected chi connectivity index (χ0v) is 20.7. The van der Waals surface area contributed by atoms with Gasteiger partial charge in [0.15, 0.2) is 0 Å². The fourth-order valence-corrected chi connectivity index (χ4v) is 6.64. The number of nitrogens with zero attached hydrogens (tertiary/aromatic N) is 1. The molecular formula is C29H33FN2O4. The zero-order chi connectivity index (χ0) is 25.2. The molecule has 1 N–H and O–H groups in total. The first-order chi connectivity index (χ1) is 17.4. The van der Waals surface area contributed by atoms with Crippen LogP contribution in [0.1, 0.15) is 45.2 Å². The minimum Gasteiger partial charge on any atom is -0.462 e. The fraction of sp³-hybridized carbons (Fsp3) is 0.483. The molecule has 1 aromatic carbocycles. The number of pyridine rings is 1. The Morgan fingerprint density at radius 2 is 2.08 bits per heavy atom. The Balaban J connectivity index is 1.34. The number of hydrogen-bond acceptors (Lipinski definition) is 5. The van der Waals surface area contributed by atoms with Crippen LogP contribution in [0.4, 0.5) is 9.18 Å². The molecule has 0 unspecified atom stereocenters. The Morgan fingerprint density at radius 1 is 1.22 bits per heavy atom. The number of benzene rings is 1. The summed E-state index contributed by atoms with van der Waals surface area (Å²) in [6.45, 7) is 4.15. The highest BCUT2D eigenvalue weighted by Crippen LogP contribution is 2.53. The molecule has 6 nitrogen and oxygen atoms in total. The molecule has 2 saturated carbocycles. The second kappa shape index (κ2) is 10.4. The van der Waals surface area contributed by atoms with Crippen LogP contribution in [0, 0.1) is 35.4 Å². The van der Waals surface area contributed by atoms with Gasteiger partial charge >= 0.3 is 12.1 Å². The monoisotopic (exact) mass is 492 g/mol. The Bertz CT molecular complexity index is 1130. The van der Waals surface area contributed by atoms with E-state index in [1.807, 2.05) is 31.2 Å². The molecule has 0 radical (unpaired) electrons. The third kappa shape index (κ3) is 5.01. The van der Waals surface area contributed by atoms with E-state index < -0.39 is 0 Å². The minimum absolute atomic E-state index is 0.0679. The van der Waals surface area contributed by atoms with E-state index in [9.17, 15) is 14.0 Å². The third-order valence-corrected chi connectivity index (χ3v) is 8.18. The first-order valence-corrected chi connectivity index (χ1v) is 13.0. The number of cyclic esters (lactones) is 1. The summed E-state index contributed by atoms with van der Waals surface area (Å²) >= 11 is 0. The fourth-order valence-electron chi connectivity index (χ4n) is 6.64. The number of aromatic nitrogens is 1. The van der Waals surface area contributed by atoms with Gasteiger partial charge in [-0.2, -0.15) is 0 Å². The van der Waals surface area contributed by atoms with Crippen LogP contribution in [0.2, 0.25) is 0 Å². The minimum atomic E-state index is -0.368. The molecular weight excluding hydrogens is 459 g/mol. The van der Waals surface area contributed by atoms with Gasteiger partial charge in [0.1, 0.15) is 11.9 Å². The molecule has 0 bridgehead atoms. The van der Waals surface area contributed by atoms with Gasteiger partial charge in [0.25, 0.3) is 0 Å². The van der Waals surface area contributed by atoms with Crippen LogP contribution < -0.4 is 5.32 Å². The molecule has 36 heavy (non-hydrogen) atoms. The first kappa shape index (κ1) is 24.5. The number of carbonyl (C=O) groups excluding carboxylic acids is 2. The molecule has 3 aliphatic rings. The number of rotatable bonds is 5. The van der Waals surface area contributed by atoms with Gasteiger partial charge in [0.2, 0.25) is 0 Å². The summed E-state index contributed by atoms with van der Waals surface area (Å²) in [5.41, 5.74) is 2.48. The number of esters is 1. The van der Waals surface area contributed by atoms with Gasteiger partial charge in [-0.1, -0.05) is 24.3 Å². The molecule has 1 aromatic heterocycles. The van der Waals surface area contributed by atoms with Crippen molar-refractivity contribution in [2.45, 2.75) is 51.7 Å². The van der Waals surface area contributed by atoms with E-state index in [1.54, 1.807) is 19.2 Å². The van der Waals surface area contributed by atoms with Crippen molar-refractivity contribution in [3.05, 3.63) is 60.2 Å². The summed E-state index contributed by atoms with van der Waals surface area (Å²) in [5.74, 6) is 0.629. The second-order valence-corrected chi connectivity index (χ2v) is 10.3. The number of allylic oxidation sites excluding steroid dienone is 1. The molecule has 5 rings (SSSR count). The van der Waals surface area contributed by atoms with Crippen molar-refractivity contribution in [2.75, 3.05) is 6.61 Å². The summed E-state index contributed by atoms with van der Waals surface area (Å²) in [6.07, 6.45) is 9.07. The molecule has 190 valence electrons. The van der Waals surface area contributed by atoms with Crippen molar-refractivity contribution in [1.29, 1.82) is 0 Å². The van der Waals surface area contributed by atoms with E-state index in [0.717, 1.165) is 42.5 Å². The second-order valence-electron chi connectivity index (χ2n) is 10.3. The van der Waals surface area contributed by atoms with Gasteiger partial charge < -0.3 is 14.8 Å². The van der Waals surface area contributed by atoms with Gasteiger partial charge in [0, 0.05) is 23.7 Å². The maximum absolute atomic E-state index is 13.6. The Hall–Kier alpha value is -3.22. The smallest absolute Gasteiger partial charge is 0.407 e. The Kier molecular flexibility index (Phi) is 7.08. The Morgan fingerprint density at radius 3 is 2.83 bits per heavy atom. The molecule has 7 heteroatoms. The summed E-state index contributed by atoms with van der Waals surface area (Å²) in [6, 6.07) is 10.4. The number of hydrogen-bond donors (Lipinski definition) is 1. The number of carbonyl (C=O) groups is 2. The normalized spacial score (nSPS) is 31.4. The number of amides is 1. The quantitative estimate of drug-likeness (QED) is 0.548. The van der Waals surface area contributed by atoms with E-state index >= 15 is 0 Å². The molecule has 1 amide bonds. The molecule has 2 heterocycles. The molecule has 2 aromatic rings.